The molecule has 3 aromatic carbocycles. The van der Waals surface area contributed by atoms with E-state index in [1.165, 1.54) is 10.9 Å². The molecule has 0 amide bonds. The van der Waals surface area contributed by atoms with Crippen LogP contribution < -0.4 is 4.74 Å². The predicted octanol–water partition coefficient (Wildman–Crippen LogP) is 5.18. The van der Waals surface area contributed by atoms with Gasteiger partial charge in [-0.15, -0.1) is 0 Å². The van der Waals surface area contributed by atoms with Crippen LogP contribution in [-0.2, 0) is 6.61 Å². The first-order chi connectivity index (χ1) is 9.34. The van der Waals surface area contributed by atoms with Gasteiger partial charge >= 0.3 is 0 Å². The molecule has 0 saturated carbocycles. The Morgan fingerprint density at radius 1 is 0.737 bits per heavy atom. The maximum Gasteiger partial charge on any atom is 0.127 e. The fraction of sp³-hybridized carbons (Fsp3) is 0.0588. The lowest BCUT2D eigenvalue weighted by Gasteiger charge is -2.10. The summed E-state index contributed by atoms with van der Waals surface area (Å²) in [6.45, 7) is 0.590. The molecule has 0 aliphatic heterocycles. The number of fused-ring (bicyclic) bond motifs is 1. The normalized spacial score (nSPS) is 10.6. The van der Waals surface area contributed by atoms with Crippen molar-refractivity contribution < 1.29 is 4.74 Å². The molecule has 94 valence electrons. The highest BCUT2D eigenvalue weighted by Gasteiger charge is 2.04. The van der Waals surface area contributed by atoms with E-state index in [1.807, 2.05) is 42.5 Å². The third-order valence-electron chi connectivity index (χ3n) is 3.07. The minimum Gasteiger partial charge on any atom is -0.488 e. The van der Waals surface area contributed by atoms with Crippen LogP contribution >= 0.6 is 15.9 Å². The molecule has 3 aromatic rings. The van der Waals surface area contributed by atoms with Gasteiger partial charge in [0.15, 0.2) is 0 Å². The maximum absolute atomic E-state index is 5.94. The molecule has 0 radical (unpaired) electrons. The molecule has 0 aromatic heterocycles. The van der Waals surface area contributed by atoms with Crippen LogP contribution in [0.4, 0.5) is 0 Å². The van der Waals surface area contributed by atoms with Gasteiger partial charge in [0.05, 0.1) is 0 Å². The van der Waals surface area contributed by atoms with E-state index in [0.717, 1.165) is 15.6 Å². The molecule has 2 heteroatoms. The second-order valence-corrected chi connectivity index (χ2v) is 5.22. The fourth-order valence-electron chi connectivity index (χ4n) is 2.10. The summed E-state index contributed by atoms with van der Waals surface area (Å²) in [4.78, 5) is 0. The van der Waals surface area contributed by atoms with Gasteiger partial charge in [-0.3, -0.25) is 0 Å². The van der Waals surface area contributed by atoms with Crippen molar-refractivity contribution in [3.05, 3.63) is 76.8 Å². The van der Waals surface area contributed by atoms with E-state index in [4.69, 9.17) is 4.74 Å². The molecule has 0 heterocycles. The van der Waals surface area contributed by atoms with Gasteiger partial charge in [-0.1, -0.05) is 70.5 Å². The lowest BCUT2D eigenvalue weighted by Crippen LogP contribution is -1.95. The van der Waals surface area contributed by atoms with Gasteiger partial charge in [-0.05, 0) is 23.1 Å². The Kier molecular flexibility index (Phi) is 3.51. The summed E-state index contributed by atoms with van der Waals surface area (Å²) in [5.74, 6) is 0.919. The van der Waals surface area contributed by atoms with Crippen molar-refractivity contribution in [2.75, 3.05) is 0 Å². The lowest BCUT2D eigenvalue weighted by atomic mass is 10.1. The largest absolute Gasteiger partial charge is 0.488 e. The summed E-state index contributed by atoms with van der Waals surface area (Å²) in [6.07, 6.45) is 0. The van der Waals surface area contributed by atoms with E-state index in [0.29, 0.717) is 6.61 Å². The van der Waals surface area contributed by atoms with Crippen LogP contribution in [0.5, 0.6) is 5.75 Å². The van der Waals surface area contributed by atoms with Gasteiger partial charge in [-0.25, -0.2) is 0 Å². The molecular weight excluding hydrogens is 300 g/mol. The van der Waals surface area contributed by atoms with Crippen LogP contribution in [-0.4, -0.2) is 0 Å². The maximum atomic E-state index is 5.94. The highest BCUT2D eigenvalue weighted by molar-refractivity contribution is 9.10. The van der Waals surface area contributed by atoms with Crippen LogP contribution in [0.1, 0.15) is 5.56 Å². The Labute approximate surface area is 121 Å². The van der Waals surface area contributed by atoms with E-state index in [9.17, 15) is 0 Å². The number of ether oxygens (including phenoxy) is 1. The zero-order valence-corrected chi connectivity index (χ0v) is 11.9. The molecule has 0 saturated heterocycles. The molecule has 0 aliphatic carbocycles. The zero-order chi connectivity index (χ0) is 13.1. The summed E-state index contributed by atoms with van der Waals surface area (Å²) in [5.41, 5.74) is 1.18. The molecule has 19 heavy (non-hydrogen) atoms. The van der Waals surface area contributed by atoms with Gasteiger partial charge in [-0.2, -0.15) is 0 Å². The Morgan fingerprint density at radius 3 is 2.32 bits per heavy atom. The summed E-state index contributed by atoms with van der Waals surface area (Å²) in [6, 6.07) is 22.5. The number of benzene rings is 3. The van der Waals surface area contributed by atoms with Crippen LogP contribution in [0, 0.1) is 0 Å². The standard InChI is InChI=1S/C17H13BrO/c18-16-10-4-9-15-14(16)8-5-11-17(15)19-12-13-6-2-1-3-7-13/h1-11H,12H2. The van der Waals surface area contributed by atoms with Crippen molar-refractivity contribution in [1.82, 2.24) is 0 Å². The molecule has 0 aliphatic rings. The molecule has 0 atom stereocenters. The van der Waals surface area contributed by atoms with Crippen LogP contribution in [0.3, 0.4) is 0 Å². The van der Waals surface area contributed by atoms with Gasteiger partial charge in [0.25, 0.3) is 0 Å². The second-order valence-electron chi connectivity index (χ2n) is 4.37. The predicted molar refractivity (Wildman–Crippen MR) is 82.4 cm³/mol. The van der Waals surface area contributed by atoms with Crippen LogP contribution in [0.2, 0.25) is 0 Å². The number of rotatable bonds is 3. The summed E-state index contributed by atoms with van der Waals surface area (Å²) >= 11 is 3.57. The molecule has 0 N–H and O–H groups in total. The molecule has 0 spiro atoms. The van der Waals surface area contributed by atoms with Crippen molar-refractivity contribution >= 4 is 26.7 Å². The second kappa shape index (κ2) is 5.45. The first-order valence-electron chi connectivity index (χ1n) is 6.18. The third-order valence-corrected chi connectivity index (χ3v) is 3.76. The Balaban J connectivity index is 1.91. The van der Waals surface area contributed by atoms with Crippen molar-refractivity contribution in [3.63, 3.8) is 0 Å². The molecule has 0 fully saturated rings. The number of hydrogen-bond acceptors (Lipinski definition) is 1. The zero-order valence-electron chi connectivity index (χ0n) is 10.3. The average Bonchev–Trinajstić information content (AvgIpc) is 2.47. The number of halogens is 1. The van der Waals surface area contributed by atoms with E-state index in [-0.39, 0.29) is 0 Å². The van der Waals surface area contributed by atoms with Crippen molar-refractivity contribution in [3.8, 4) is 5.75 Å². The molecular formula is C17H13BrO. The van der Waals surface area contributed by atoms with E-state index < -0.39 is 0 Å². The summed E-state index contributed by atoms with van der Waals surface area (Å²) < 4.78 is 7.03. The van der Waals surface area contributed by atoms with Crippen molar-refractivity contribution in [1.29, 1.82) is 0 Å². The summed E-state index contributed by atoms with van der Waals surface area (Å²) in [5, 5.41) is 2.31. The third kappa shape index (κ3) is 2.64. The lowest BCUT2D eigenvalue weighted by molar-refractivity contribution is 0.310. The molecule has 0 unspecified atom stereocenters. The summed E-state index contributed by atoms with van der Waals surface area (Å²) in [7, 11) is 0. The van der Waals surface area contributed by atoms with E-state index >= 15 is 0 Å². The molecule has 0 bridgehead atoms. The smallest absolute Gasteiger partial charge is 0.127 e. The van der Waals surface area contributed by atoms with Crippen LogP contribution in [0.15, 0.2) is 71.2 Å². The fourth-order valence-corrected chi connectivity index (χ4v) is 2.60. The quantitative estimate of drug-likeness (QED) is 0.647. The number of hydrogen-bond donors (Lipinski definition) is 0. The monoisotopic (exact) mass is 312 g/mol. The Hall–Kier alpha value is -1.80. The van der Waals surface area contributed by atoms with Gasteiger partial charge in [0, 0.05) is 9.86 Å². The van der Waals surface area contributed by atoms with Gasteiger partial charge < -0.3 is 4.74 Å². The molecule has 1 nitrogen and oxygen atoms in total. The Morgan fingerprint density at radius 2 is 1.47 bits per heavy atom. The Bertz CT molecular complexity index is 692. The van der Waals surface area contributed by atoms with E-state index in [1.54, 1.807) is 0 Å². The van der Waals surface area contributed by atoms with Crippen LogP contribution in [0.25, 0.3) is 10.8 Å². The first-order valence-corrected chi connectivity index (χ1v) is 6.98. The van der Waals surface area contributed by atoms with Gasteiger partial charge in [0.2, 0.25) is 0 Å². The SMILES string of the molecule is Brc1cccc2c(OCc3ccccc3)cccc12. The topological polar surface area (TPSA) is 9.23 Å². The highest BCUT2D eigenvalue weighted by atomic mass is 79.9. The average molecular weight is 313 g/mol. The van der Waals surface area contributed by atoms with Crippen molar-refractivity contribution in [2.24, 2.45) is 0 Å². The van der Waals surface area contributed by atoms with E-state index in [2.05, 4.69) is 40.2 Å². The minimum absolute atomic E-state index is 0.590. The minimum atomic E-state index is 0.590. The van der Waals surface area contributed by atoms with Crippen molar-refractivity contribution in [2.45, 2.75) is 6.61 Å². The van der Waals surface area contributed by atoms with Gasteiger partial charge in [0.1, 0.15) is 12.4 Å². The highest BCUT2D eigenvalue weighted by Crippen LogP contribution is 2.31. The first kappa shape index (κ1) is 12.2. The molecule has 3 rings (SSSR count).